The lowest BCUT2D eigenvalue weighted by Crippen LogP contribution is -2.36. The summed E-state index contributed by atoms with van der Waals surface area (Å²) in [6.07, 6.45) is 1.43. The van der Waals surface area contributed by atoms with Crippen LogP contribution in [0.25, 0.3) is 0 Å². The van der Waals surface area contributed by atoms with Gasteiger partial charge in [0.1, 0.15) is 0 Å². The Morgan fingerprint density at radius 3 is 2.59 bits per heavy atom. The highest BCUT2D eigenvalue weighted by Crippen LogP contribution is 2.25. The van der Waals surface area contributed by atoms with E-state index in [1.165, 1.54) is 18.3 Å². The molecule has 9 heteroatoms. The SMILES string of the molecule is O=C(N/N=C\c1cc([N+](=O)[O-])ccc1N1CCOCC1)c1ccc(I)cc1. The fourth-order valence-electron chi connectivity index (χ4n) is 2.68. The maximum absolute atomic E-state index is 12.1. The Hall–Kier alpha value is -2.53. The molecule has 1 aliphatic rings. The van der Waals surface area contributed by atoms with E-state index in [0.717, 1.165) is 9.26 Å². The van der Waals surface area contributed by atoms with E-state index in [0.29, 0.717) is 37.4 Å². The lowest BCUT2D eigenvalue weighted by molar-refractivity contribution is -0.384. The van der Waals surface area contributed by atoms with Crippen molar-refractivity contribution in [1.29, 1.82) is 0 Å². The predicted molar refractivity (Wildman–Crippen MR) is 110 cm³/mol. The number of carbonyl (C=O) groups is 1. The molecule has 140 valence electrons. The molecule has 27 heavy (non-hydrogen) atoms. The Balaban J connectivity index is 1.79. The average Bonchev–Trinajstić information content (AvgIpc) is 2.69. The first-order valence-corrected chi connectivity index (χ1v) is 9.32. The summed E-state index contributed by atoms with van der Waals surface area (Å²) >= 11 is 2.16. The van der Waals surface area contributed by atoms with Crippen molar-refractivity contribution in [2.45, 2.75) is 0 Å². The summed E-state index contributed by atoms with van der Waals surface area (Å²) in [6, 6.07) is 11.7. The Kier molecular flexibility index (Phi) is 6.35. The Morgan fingerprint density at radius 1 is 1.22 bits per heavy atom. The van der Waals surface area contributed by atoms with Crippen LogP contribution in [-0.2, 0) is 4.74 Å². The zero-order valence-electron chi connectivity index (χ0n) is 14.3. The number of benzene rings is 2. The Bertz CT molecular complexity index is 864. The molecule has 0 atom stereocenters. The third-order valence-corrected chi connectivity index (χ3v) is 4.77. The molecular formula is C18H17IN4O4. The number of hydrogen-bond donors (Lipinski definition) is 1. The van der Waals surface area contributed by atoms with Gasteiger partial charge in [0.2, 0.25) is 0 Å². The number of hydrazone groups is 1. The van der Waals surface area contributed by atoms with Gasteiger partial charge in [0.05, 0.1) is 24.4 Å². The van der Waals surface area contributed by atoms with Gasteiger partial charge in [-0.15, -0.1) is 0 Å². The summed E-state index contributed by atoms with van der Waals surface area (Å²) in [6.45, 7) is 2.57. The first-order valence-electron chi connectivity index (χ1n) is 8.25. The minimum atomic E-state index is -0.454. The number of hydrogen-bond acceptors (Lipinski definition) is 6. The molecule has 3 rings (SSSR count). The number of nitro groups is 1. The third kappa shape index (κ3) is 5.01. The van der Waals surface area contributed by atoms with Crippen molar-refractivity contribution in [2.75, 3.05) is 31.2 Å². The van der Waals surface area contributed by atoms with Crippen LogP contribution in [0.4, 0.5) is 11.4 Å². The second kappa shape index (κ2) is 8.91. The van der Waals surface area contributed by atoms with E-state index in [-0.39, 0.29) is 11.6 Å². The van der Waals surface area contributed by atoms with Crippen LogP contribution in [0.3, 0.4) is 0 Å². The number of ether oxygens (including phenoxy) is 1. The fraction of sp³-hybridized carbons (Fsp3) is 0.222. The standard InChI is InChI=1S/C18H17IN4O4/c19-15-3-1-13(2-4-15)18(24)21-20-12-14-11-16(23(25)26)5-6-17(14)22-7-9-27-10-8-22/h1-6,11-12H,7-10H2,(H,21,24)/b20-12-. The molecule has 8 nitrogen and oxygen atoms in total. The van der Waals surface area contributed by atoms with Crippen LogP contribution >= 0.6 is 22.6 Å². The van der Waals surface area contributed by atoms with E-state index >= 15 is 0 Å². The summed E-state index contributed by atoms with van der Waals surface area (Å²) in [7, 11) is 0. The number of halogens is 1. The molecule has 2 aromatic rings. The van der Waals surface area contributed by atoms with Gasteiger partial charge < -0.3 is 9.64 Å². The molecule has 0 radical (unpaired) electrons. The molecule has 0 aliphatic carbocycles. The zero-order chi connectivity index (χ0) is 19.2. The number of nitrogens with zero attached hydrogens (tertiary/aromatic N) is 3. The first kappa shape index (κ1) is 19.2. The van der Waals surface area contributed by atoms with Gasteiger partial charge in [0.25, 0.3) is 11.6 Å². The van der Waals surface area contributed by atoms with E-state index in [9.17, 15) is 14.9 Å². The van der Waals surface area contributed by atoms with Crippen LogP contribution in [0.5, 0.6) is 0 Å². The first-order chi connectivity index (χ1) is 13.0. The molecule has 2 aromatic carbocycles. The van der Waals surface area contributed by atoms with E-state index in [1.807, 2.05) is 12.1 Å². The van der Waals surface area contributed by atoms with Gasteiger partial charge in [-0.3, -0.25) is 14.9 Å². The van der Waals surface area contributed by atoms with Gasteiger partial charge in [0, 0.05) is 45.6 Å². The molecule has 1 aliphatic heterocycles. The van der Waals surface area contributed by atoms with Crippen molar-refractivity contribution in [1.82, 2.24) is 5.43 Å². The van der Waals surface area contributed by atoms with Crippen molar-refractivity contribution in [3.05, 3.63) is 67.3 Å². The average molecular weight is 480 g/mol. The highest BCUT2D eigenvalue weighted by Gasteiger charge is 2.17. The van der Waals surface area contributed by atoms with Crippen LogP contribution in [0.2, 0.25) is 0 Å². The molecular weight excluding hydrogens is 463 g/mol. The second-order valence-electron chi connectivity index (χ2n) is 5.81. The maximum Gasteiger partial charge on any atom is 0.271 e. The van der Waals surface area contributed by atoms with Crippen LogP contribution in [0, 0.1) is 13.7 Å². The number of anilines is 1. The van der Waals surface area contributed by atoms with Crippen LogP contribution < -0.4 is 10.3 Å². The maximum atomic E-state index is 12.1. The number of non-ortho nitro benzene ring substituents is 1. The largest absolute Gasteiger partial charge is 0.378 e. The van der Waals surface area contributed by atoms with Crippen molar-refractivity contribution in [3.63, 3.8) is 0 Å². The normalized spacial score (nSPS) is 14.3. The molecule has 1 fully saturated rings. The van der Waals surface area contributed by atoms with E-state index in [1.54, 1.807) is 18.2 Å². The van der Waals surface area contributed by atoms with E-state index in [2.05, 4.69) is 38.0 Å². The van der Waals surface area contributed by atoms with Crippen LogP contribution in [0.15, 0.2) is 47.6 Å². The number of morpholine rings is 1. The Morgan fingerprint density at radius 2 is 1.93 bits per heavy atom. The van der Waals surface area contributed by atoms with Gasteiger partial charge in [-0.25, -0.2) is 5.43 Å². The van der Waals surface area contributed by atoms with E-state index < -0.39 is 4.92 Å². The fourth-order valence-corrected chi connectivity index (χ4v) is 3.04. The third-order valence-electron chi connectivity index (χ3n) is 4.05. The van der Waals surface area contributed by atoms with Crippen molar-refractivity contribution in [3.8, 4) is 0 Å². The molecule has 0 unspecified atom stereocenters. The highest BCUT2D eigenvalue weighted by molar-refractivity contribution is 14.1. The van der Waals surface area contributed by atoms with Gasteiger partial charge in [-0.1, -0.05) is 0 Å². The van der Waals surface area contributed by atoms with Gasteiger partial charge >= 0.3 is 0 Å². The molecule has 1 heterocycles. The van der Waals surface area contributed by atoms with Gasteiger partial charge in [-0.05, 0) is 52.9 Å². The molecule has 1 amide bonds. The van der Waals surface area contributed by atoms with Crippen LogP contribution in [0.1, 0.15) is 15.9 Å². The molecule has 0 spiro atoms. The molecule has 0 bridgehead atoms. The number of nitro benzene ring substituents is 1. The summed E-state index contributed by atoms with van der Waals surface area (Å²) in [5, 5.41) is 15.1. The minimum Gasteiger partial charge on any atom is -0.378 e. The summed E-state index contributed by atoms with van der Waals surface area (Å²) in [5.74, 6) is -0.346. The van der Waals surface area contributed by atoms with Crippen molar-refractivity contribution < 1.29 is 14.5 Å². The topological polar surface area (TPSA) is 97.1 Å². The van der Waals surface area contributed by atoms with Crippen LogP contribution in [-0.4, -0.2) is 43.3 Å². The summed E-state index contributed by atoms with van der Waals surface area (Å²) < 4.78 is 6.38. The number of rotatable bonds is 5. The minimum absolute atomic E-state index is 0.0302. The molecule has 0 aromatic heterocycles. The van der Waals surface area contributed by atoms with Gasteiger partial charge in [0.15, 0.2) is 0 Å². The van der Waals surface area contributed by atoms with E-state index in [4.69, 9.17) is 4.74 Å². The number of carbonyl (C=O) groups excluding carboxylic acids is 1. The molecule has 1 N–H and O–H groups in total. The molecule has 1 saturated heterocycles. The summed E-state index contributed by atoms with van der Waals surface area (Å²) in [4.78, 5) is 24.9. The lowest BCUT2D eigenvalue weighted by Gasteiger charge is -2.29. The number of nitrogens with one attached hydrogen (secondary N) is 1. The molecule has 0 saturated carbocycles. The lowest BCUT2D eigenvalue weighted by atomic mass is 10.1. The van der Waals surface area contributed by atoms with Crippen molar-refractivity contribution in [2.24, 2.45) is 5.10 Å². The smallest absolute Gasteiger partial charge is 0.271 e. The monoisotopic (exact) mass is 480 g/mol. The van der Waals surface area contributed by atoms with Crippen molar-refractivity contribution >= 4 is 46.1 Å². The number of amides is 1. The zero-order valence-corrected chi connectivity index (χ0v) is 16.5. The quantitative estimate of drug-likeness (QED) is 0.307. The summed E-state index contributed by atoms with van der Waals surface area (Å²) in [5.41, 5.74) is 4.30. The Labute approximate surface area is 169 Å². The van der Waals surface area contributed by atoms with Gasteiger partial charge in [-0.2, -0.15) is 5.10 Å². The highest BCUT2D eigenvalue weighted by atomic mass is 127. The predicted octanol–water partition coefficient (Wildman–Crippen LogP) is 2.80. The second-order valence-corrected chi connectivity index (χ2v) is 7.05.